The lowest BCUT2D eigenvalue weighted by Crippen LogP contribution is -2.29. The lowest BCUT2D eigenvalue weighted by Gasteiger charge is -2.22. The van der Waals surface area contributed by atoms with E-state index < -0.39 is 17.5 Å². The Hall–Kier alpha value is -15.2. The van der Waals surface area contributed by atoms with E-state index in [-0.39, 0.29) is 65.6 Å². The zero-order valence-electron chi connectivity index (χ0n) is 74.4. The van der Waals surface area contributed by atoms with E-state index in [0.29, 0.717) is 105 Å². The number of esters is 3. The summed E-state index contributed by atoms with van der Waals surface area (Å²) < 4.78 is 47.2. The third kappa shape index (κ3) is 36.9. The molecule has 0 aromatic heterocycles. The summed E-state index contributed by atoms with van der Waals surface area (Å²) >= 11 is 0. The van der Waals surface area contributed by atoms with Crippen molar-refractivity contribution in [3.8, 4) is 34.5 Å². The quantitative estimate of drug-likeness (QED) is 0.00502. The van der Waals surface area contributed by atoms with E-state index in [1.54, 1.807) is 121 Å². The molecular weight excluding hydrogens is 1650 g/mol. The standard InChI is InChI=1S/C32H30O4.C24H30O3.C22H24O4.C19H16O6.C15H12O2/c33-31(25-11-5-3-6-12-25)27-15-19-29(20-16-27)35-23-9-1-2-10-24-36-30-21-17-28(18-22-30)32(34)26-13-7-4-8-14-26;1-4-5-6-7-11-18-24(2,3)23(26)27-21-16-14-20(15-17-21)22(25)19-12-9-8-10-13-19;1-2-21(23)26-17-9-4-3-8-16-25-20-14-12-19(13-15-20)22(24)18-10-6-5-7-11-18;1-2-17(20)23-12-13-24-19(22)25-16-10-8-15(9-11-16)18(21)14-6-4-3-5-7-14;1-2-17-14-10-8-13(9-11-14)15(16)12-6-4-3-5-7-12/h3-8,11-22H,1-2,9-10,23-24H2;8-10,12-17H,4-7,11,18H2,1-3H3;2,5-7,10-15H,1,3-4,8-9,16-17H2;2-11H,1,12-13H2;2-11H,1H2. The van der Waals surface area contributed by atoms with Crippen molar-refractivity contribution in [2.24, 2.45) is 5.41 Å². The molecule has 0 saturated carbocycles. The molecule has 0 saturated heterocycles. The van der Waals surface area contributed by atoms with Crippen molar-refractivity contribution in [3.63, 3.8) is 0 Å². The number of unbranched alkanes of at least 4 members (excludes halogenated alkanes) is 10. The molecule has 0 fully saturated rings. The van der Waals surface area contributed by atoms with Crippen LogP contribution in [-0.4, -0.2) is 98.4 Å². The van der Waals surface area contributed by atoms with E-state index in [9.17, 15) is 47.9 Å². The maximum Gasteiger partial charge on any atom is 0.513 e. The highest BCUT2D eigenvalue weighted by Crippen LogP contribution is 2.29. The van der Waals surface area contributed by atoms with Crippen LogP contribution in [0.3, 0.4) is 0 Å². The molecule has 0 aliphatic carbocycles. The van der Waals surface area contributed by atoms with E-state index in [1.165, 1.54) is 43.7 Å². The zero-order chi connectivity index (χ0) is 93.5. The van der Waals surface area contributed by atoms with Crippen LogP contribution in [0.1, 0.15) is 206 Å². The molecule has 19 heteroatoms. The molecule has 674 valence electrons. The minimum Gasteiger partial charge on any atom is -0.494 e. The average Bonchev–Trinajstić information content (AvgIpc) is 1.38. The molecular formula is C112H112O19. The van der Waals surface area contributed by atoms with Crippen LogP contribution in [-0.2, 0) is 28.6 Å². The fourth-order valence-corrected chi connectivity index (χ4v) is 12.7. The van der Waals surface area contributed by atoms with E-state index in [4.69, 9.17) is 37.9 Å². The van der Waals surface area contributed by atoms with Crippen molar-refractivity contribution in [1.29, 1.82) is 0 Å². The average molecular weight is 1760 g/mol. The third-order valence-electron chi connectivity index (χ3n) is 20.0. The molecule has 0 unspecified atom stereocenters. The lowest BCUT2D eigenvalue weighted by molar-refractivity contribution is -0.144. The Morgan fingerprint density at radius 2 is 0.489 bits per heavy atom. The Balaban J connectivity index is 0.000000205. The molecule has 0 aliphatic heterocycles. The van der Waals surface area contributed by atoms with E-state index >= 15 is 0 Å². The smallest absolute Gasteiger partial charge is 0.494 e. The van der Waals surface area contributed by atoms with Crippen LogP contribution in [0.5, 0.6) is 34.5 Å². The predicted octanol–water partition coefficient (Wildman–Crippen LogP) is 24.6. The van der Waals surface area contributed by atoms with Crippen molar-refractivity contribution in [2.45, 2.75) is 111 Å². The molecule has 131 heavy (non-hydrogen) atoms. The Kier molecular flexibility index (Phi) is 44.4. The molecule has 12 aromatic carbocycles. The normalized spacial score (nSPS) is 10.3. The van der Waals surface area contributed by atoms with E-state index in [2.05, 4.69) is 31.4 Å². The Bertz CT molecular complexity index is 5410. The van der Waals surface area contributed by atoms with Crippen molar-refractivity contribution in [3.05, 3.63) is 432 Å². The molecule has 12 rings (SSSR count). The van der Waals surface area contributed by atoms with Crippen molar-refractivity contribution >= 4 is 58.8 Å². The molecule has 0 bridgehead atoms. The van der Waals surface area contributed by atoms with Gasteiger partial charge in [0.2, 0.25) is 0 Å². The highest BCUT2D eigenvalue weighted by atomic mass is 16.7. The van der Waals surface area contributed by atoms with Crippen LogP contribution >= 0.6 is 0 Å². The van der Waals surface area contributed by atoms with Gasteiger partial charge in [-0.05, 0) is 217 Å². The first-order valence-electron chi connectivity index (χ1n) is 43.8. The minimum absolute atomic E-state index is 0.00862. The van der Waals surface area contributed by atoms with Gasteiger partial charge in [-0.3, -0.25) is 33.6 Å². The maximum atomic E-state index is 12.5. The summed E-state index contributed by atoms with van der Waals surface area (Å²) in [4.78, 5) is 120. The monoisotopic (exact) mass is 1760 g/mol. The van der Waals surface area contributed by atoms with Gasteiger partial charge in [0.25, 0.3) is 0 Å². The first-order chi connectivity index (χ1) is 63.7. The number of rotatable bonds is 45. The van der Waals surface area contributed by atoms with Crippen LogP contribution in [0, 0.1) is 5.41 Å². The summed E-state index contributed by atoms with van der Waals surface area (Å²) in [6.07, 6.45) is 17.1. The van der Waals surface area contributed by atoms with E-state index in [0.717, 1.165) is 94.0 Å². The molecule has 0 heterocycles. The second-order valence-corrected chi connectivity index (χ2v) is 30.4. The summed E-state index contributed by atoms with van der Waals surface area (Å²) in [5, 5.41) is 0. The Morgan fingerprint density at radius 1 is 0.252 bits per heavy atom. The summed E-state index contributed by atoms with van der Waals surface area (Å²) in [6, 6.07) is 96.7. The van der Waals surface area contributed by atoms with Gasteiger partial charge in [-0.15, -0.1) is 0 Å². The highest BCUT2D eigenvalue weighted by molar-refractivity contribution is 6.12. The number of hydrogen-bond donors (Lipinski definition) is 0. The largest absolute Gasteiger partial charge is 0.513 e. The van der Waals surface area contributed by atoms with Crippen LogP contribution in [0.15, 0.2) is 366 Å². The van der Waals surface area contributed by atoms with Gasteiger partial charge in [0, 0.05) is 78.9 Å². The number of ketones is 6. The molecule has 0 spiro atoms. The second-order valence-electron chi connectivity index (χ2n) is 30.4. The number of carbonyl (C=O) groups is 10. The molecule has 0 radical (unpaired) electrons. The lowest BCUT2D eigenvalue weighted by atomic mass is 9.87. The predicted molar refractivity (Wildman–Crippen MR) is 509 cm³/mol. The van der Waals surface area contributed by atoms with Crippen LogP contribution in [0.4, 0.5) is 4.79 Å². The van der Waals surface area contributed by atoms with Crippen molar-refractivity contribution in [2.75, 3.05) is 39.6 Å². The molecule has 12 aromatic rings. The molecule has 0 amide bonds. The van der Waals surface area contributed by atoms with Gasteiger partial charge in [-0.1, -0.05) is 241 Å². The van der Waals surface area contributed by atoms with E-state index in [1.807, 2.05) is 208 Å². The topological polar surface area (TPSA) is 254 Å². The molecule has 0 aliphatic rings. The fraction of sp³-hybridized carbons (Fsp3) is 0.214. The molecule has 0 N–H and O–H groups in total. The maximum absolute atomic E-state index is 12.5. The first kappa shape index (κ1) is 101. The van der Waals surface area contributed by atoms with Gasteiger partial charge in [-0.25, -0.2) is 14.4 Å². The van der Waals surface area contributed by atoms with Gasteiger partial charge in [0.1, 0.15) is 47.7 Å². The SMILES string of the molecule is C=CC(=O)OCCCCCCOc1ccc(C(=O)c2ccccc2)cc1.C=CC(=O)OCCOC(=O)Oc1ccc(C(=O)c2ccccc2)cc1.C=COc1ccc(C(=O)c2ccccc2)cc1.CCCCCCCC(C)(C)C(=O)Oc1ccc(C(=O)c2ccccc2)cc1.O=C(c1ccccc1)c1ccc(OCCCCCCOc2ccc(C(=O)c3ccccc3)cc2)cc1. The summed E-state index contributed by atoms with van der Waals surface area (Å²) in [5.41, 5.74) is 7.11. The second kappa shape index (κ2) is 57.5. The zero-order valence-corrected chi connectivity index (χ0v) is 74.4. The number of benzene rings is 12. The van der Waals surface area contributed by atoms with Gasteiger partial charge >= 0.3 is 24.1 Å². The summed E-state index contributed by atoms with van der Waals surface area (Å²) in [7, 11) is 0. The van der Waals surface area contributed by atoms with Gasteiger partial charge in [0.15, 0.2) is 34.7 Å². The minimum atomic E-state index is -0.934. The summed E-state index contributed by atoms with van der Waals surface area (Å²) in [6.45, 7) is 18.2. The van der Waals surface area contributed by atoms with Gasteiger partial charge in [0.05, 0.1) is 38.1 Å². The van der Waals surface area contributed by atoms with Crippen LogP contribution in [0.2, 0.25) is 0 Å². The Morgan fingerprint density at radius 3 is 0.771 bits per heavy atom. The summed E-state index contributed by atoms with van der Waals surface area (Å²) in [5.74, 6) is 2.37. The van der Waals surface area contributed by atoms with Crippen LogP contribution < -0.4 is 28.4 Å². The number of ether oxygens (including phenoxy) is 9. The highest BCUT2D eigenvalue weighted by Gasteiger charge is 2.30. The Labute approximate surface area is 767 Å². The van der Waals surface area contributed by atoms with Crippen molar-refractivity contribution in [1.82, 2.24) is 0 Å². The number of hydrogen-bond acceptors (Lipinski definition) is 19. The fourth-order valence-electron chi connectivity index (χ4n) is 12.7. The first-order valence-corrected chi connectivity index (χ1v) is 43.8. The van der Waals surface area contributed by atoms with Gasteiger partial charge in [-0.2, -0.15) is 0 Å². The molecule has 19 nitrogen and oxygen atoms in total. The van der Waals surface area contributed by atoms with Crippen LogP contribution in [0.25, 0.3) is 0 Å². The van der Waals surface area contributed by atoms with Crippen molar-refractivity contribution < 1.29 is 90.6 Å². The third-order valence-corrected chi connectivity index (χ3v) is 20.0. The molecule has 0 atom stereocenters. The number of carbonyl (C=O) groups excluding carboxylic acids is 10. The van der Waals surface area contributed by atoms with Gasteiger partial charge < -0.3 is 42.6 Å².